The average molecular weight is 276 g/mol. The molecular weight excluding hydrogens is 259 g/mol. The Balaban J connectivity index is 1.96. The van der Waals surface area contributed by atoms with Crippen LogP contribution in [0, 0.1) is 5.82 Å². The Morgan fingerprint density at radius 3 is 3.20 bits per heavy atom. The van der Waals surface area contributed by atoms with Gasteiger partial charge in [0.15, 0.2) is 0 Å². The number of hydrogen-bond donors (Lipinski definition) is 2. The van der Waals surface area contributed by atoms with Crippen molar-refractivity contribution in [2.45, 2.75) is 25.3 Å². The third-order valence-electron chi connectivity index (χ3n) is 3.78. The van der Waals surface area contributed by atoms with E-state index in [1.807, 2.05) is 0 Å². The molecule has 106 valence electrons. The molecule has 1 aromatic carbocycles. The molecule has 0 unspecified atom stereocenters. The van der Waals surface area contributed by atoms with Crippen molar-refractivity contribution in [2.24, 2.45) is 0 Å². The lowest BCUT2D eigenvalue weighted by atomic mass is 9.91. The highest BCUT2D eigenvalue weighted by Crippen LogP contribution is 2.34. The number of carbonyl (C=O) groups excluding carboxylic acids is 1. The molecule has 0 bridgehead atoms. The lowest BCUT2D eigenvalue weighted by Crippen LogP contribution is -2.33. The monoisotopic (exact) mass is 276 g/mol. The van der Waals surface area contributed by atoms with Gasteiger partial charge in [-0.2, -0.15) is 0 Å². The number of benzene rings is 1. The SMILES string of the molecule is COCC(=O)N[C@@H]1CCCc2c1[nH]c1ccc(F)cc21. The second kappa shape index (κ2) is 5.25. The lowest BCUT2D eigenvalue weighted by molar-refractivity contribution is -0.125. The standard InChI is InChI=1S/C15H17FN2O2/c1-20-8-14(19)17-13-4-2-3-10-11-7-9(16)5-6-12(11)18-15(10)13/h5-7,13,18H,2-4,8H2,1H3,(H,17,19)/t13-/m1/s1. The molecule has 1 aliphatic rings. The number of ether oxygens (including phenoxy) is 1. The third-order valence-corrected chi connectivity index (χ3v) is 3.78. The maximum Gasteiger partial charge on any atom is 0.246 e. The van der Waals surface area contributed by atoms with Gasteiger partial charge in [0, 0.05) is 23.7 Å². The fourth-order valence-electron chi connectivity index (χ4n) is 2.95. The van der Waals surface area contributed by atoms with Gasteiger partial charge in [-0.15, -0.1) is 0 Å². The molecule has 3 rings (SSSR count). The first-order valence-electron chi connectivity index (χ1n) is 6.77. The first-order valence-corrected chi connectivity index (χ1v) is 6.77. The number of aromatic amines is 1. The molecule has 5 heteroatoms. The third kappa shape index (κ3) is 2.29. The van der Waals surface area contributed by atoms with Crippen LogP contribution in [0.15, 0.2) is 18.2 Å². The van der Waals surface area contributed by atoms with Crippen molar-refractivity contribution in [1.82, 2.24) is 10.3 Å². The van der Waals surface area contributed by atoms with Crippen LogP contribution >= 0.6 is 0 Å². The number of fused-ring (bicyclic) bond motifs is 3. The molecule has 1 heterocycles. The highest BCUT2D eigenvalue weighted by atomic mass is 19.1. The molecular formula is C15H17FN2O2. The zero-order chi connectivity index (χ0) is 14.1. The quantitative estimate of drug-likeness (QED) is 0.904. The molecule has 1 aliphatic carbocycles. The summed E-state index contributed by atoms with van der Waals surface area (Å²) < 4.78 is 18.2. The summed E-state index contributed by atoms with van der Waals surface area (Å²) in [6.07, 6.45) is 2.78. The number of methoxy groups -OCH3 is 1. The first kappa shape index (κ1) is 13.1. The number of nitrogens with one attached hydrogen (secondary N) is 2. The molecule has 0 fully saturated rings. The van der Waals surface area contributed by atoms with Gasteiger partial charge < -0.3 is 15.0 Å². The zero-order valence-corrected chi connectivity index (χ0v) is 11.3. The van der Waals surface area contributed by atoms with E-state index in [-0.39, 0.29) is 24.4 Å². The molecule has 4 nitrogen and oxygen atoms in total. The Bertz CT molecular complexity index is 651. The van der Waals surface area contributed by atoms with Crippen LogP contribution in [0.2, 0.25) is 0 Å². The number of hydrogen-bond acceptors (Lipinski definition) is 2. The van der Waals surface area contributed by atoms with Crippen LogP contribution in [0.1, 0.15) is 30.1 Å². The molecule has 20 heavy (non-hydrogen) atoms. The Morgan fingerprint density at radius 1 is 1.55 bits per heavy atom. The van der Waals surface area contributed by atoms with Gasteiger partial charge in [0.1, 0.15) is 12.4 Å². The number of carbonyl (C=O) groups is 1. The first-order chi connectivity index (χ1) is 9.69. The van der Waals surface area contributed by atoms with Crippen LogP contribution < -0.4 is 5.32 Å². The van der Waals surface area contributed by atoms with Crippen LogP contribution in [0.5, 0.6) is 0 Å². The van der Waals surface area contributed by atoms with E-state index in [0.717, 1.165) is 41.4 Å². The predicted molar refractivity (Wildman–Crippen MR) is 74.0 cm³/mol. The van der Waals surface area contributed by atoms with E-state index in [2.05, 4.69) is 10.3 Å². The second-order valence-corrected chi connectivity index (χ2v) is 5.15. The van der Waals surface area contributed by atoms with Crippen molar-refractivity contribution < 1.29 is 13.9 Å². The van der Waals surface area contributed by atoms with Gasteiger partial charge >= 0.3 is 0 Å². The number of aromatic nitrogens is 1. The van der Waals surface area contributed by atoms with Crippen molar-refractivity contribution in [1.29, 1.82) is 0 Å². The average Bonchev–Trinajstić information content (AvgIpc) is 2.78. The van der Waals surface area contributed by atoms with Gasteiger partial charge in [-0.25, -0.2) is 4.39 Å². The molecule has 1 aromatic heterocycles. The number of rotatable bonds is 3. The number of halogens is 1. The summed E-state index contributed by atoms with van der Waals surface area (Å²) in [5.74, 6) is -0.361. The van der Waals surface area contributed by atoms with E-state index in [1.165, 1.54) is 13.2 Å². The predicted octanol–water partition coefficient (Wildman–Crippen LogP) is 2.45. The molecule has 0 saturated heterocycles. The summed E-state index contributed by atoms with van der Waals surface area (Å²) in [6, 6.07) is 4.71. The molecule has 2 aromatic rings. The Labute approximate surface area is 116 Å². The fraction of sp³-hybridized carbons (Fsp3) is 0.400. The van der Waals surface area contributed by atoms with Gasteiger partial charge in [-0.3, -0.25) is 4.79 Å². The molecule has 0 saturated carbocycles. The van der Waals surface area contributed by atoms with Crippen LogP contribution in [0.25, 0.3) is 10.9 Å². The van der Waals surface area contributed by atoms with Crippen molar-refractivity contribution in [3.8, 4) is 0 Å². The highest BCUT2D eigenvalue weighted by Gasteiger charge is 2.25. The topological polar surface area (TPSA) is 54.1 Å². The highest BCUT2D eigenvalue weighted by molar-refractivity contribution is 5.85. The number of H-pyrrole nitrogens is 1. The summed E-state index contributed by atoms with van der Waals surface area (Å²) >= 11 is 0. The second-order valence-electron chi connectivity index (χ2n) is 5.15. The van der Waals surface area contributed by atoms with Gasteiger partial charge in [0.05, 0.1) is 6.04 Å². The number of aryl methyl sites for hydroxylation is 1. The summed E-state index contributed by atoms with van der Waals surface area (Å²) in [4.78, 5) is 15.0. The van der Waals surface area contributed by atoms with Crippen LogP contribution in [0.3, 0.4) is 0 Å². The van der Waals surface area contributed by atoms with Gasteiger partial charge in [-0.05, 0) is 43.0 Å². The number of amides is 1. The van der Waals surface area contributed by atoms with Crippen LogP contribution in [-0.2, 0) is 16.0 Å². The zero-order valence-electron chi connectivity index (χ0n) is 11.3. The molecule has 1 amide bonds. The molecule has 2 N–H and O–H groups in total. The van der Waals surface area contributed by atoms with Gasteiger partial charge in [0.2, 0.25) is 5.91 Å². The fourth-order valence-corrected chi connectivity index (χ4v) is 2.95. The van der Waals surface area contributed by atoms with E-state index in [1.54, 1.807) is 12.1 Å². The Kier molecular flexibility index (Phi) is 3.44. The smallest absolute Gasteiger partial charge is 0.246 e. The molecule has 1 atom stereocenters. The lowest BCUT2D eigenvalue weighted by Gasteiger charge is -2.23. The summed E-state index contributed by atoms with van der Waals surface area (Å²) in [6.45, 7) is 0.0562. The van der Waals surface area contributed by atoms with E-state index >= 15 is 0 Å². The largest absolute Gasteiger partial charge is 0.375 e. The summed E-state index contributed by atoms with van der Waals surface area (Å²) in [7, 11) is 1.50. The molecule has 0 aliphatic heterocycles. The van der Waals surface area contributed by atoms with Crippen molar-refractivity contribution in [3.05, 3.63) is 35.3 Å². The normalized spacial score (nSPS) is 18.0. The minimum Gasteiger partial charge on any atom is -0.375 e. The van der Waals surface area contributed by atoms with Gasteiger partial charge in [-0.1, -0.05) is 0 Å². The van der Waals surface area contributed by atoms with Crippen molar-refractivity contribution in [3.63, 3.8) is 0 Å². The summed E-state index contributed by atoms with van der Waals surface area (Å²) in [5.41, 5.74) is 3.04. The maximum atomic E-state index is 13.4. The maximum absolute atomic E-state index is 13.4. The van der Waals surface area contributed by atoms with Gasteiger partial charge in [0.25, 0.3) is 0 Å². The van der Waals surface area contributed by atoms with E-state index in [0.29, 0.717) is 0 Å². The summed E-state index contributed by atoms with van der Waals surface area (Å²) in [5, 5.41) is 3.88. The Morgan fingerprint density at radius 2 is 2.40 bits per heavy atom. The van der Waals surface area contributed by atoms with Crippen molar-refractivity contribution in [2.75, 3.05) is 13.7 Å². The van der Waals surface area contributed by atoms with E-state index < -0.39 is 0 Å². The molecule has 0 spiro atoms. The van der Waals surface area contributed by atoms with Crippen LogP contribution in [-0.4, -0.2) is 24.6 Å². The van der Waals surface area contributed by atoms with Crippen molar-refractivity contribution >= 4 is 16.8 Å². The van der Waals surface area contributed by atoms with E-state index in [9.17, 15) is 9.18 Å². The van der Waals surface area contributed by atoms with Crippen LogP contribution in [0.4, 0.5) is 4.39 Å². The minimum absolute atomic E-state index is 0.0446. The Hall–Kier alpha value is -1.88. The molecule has 0 radical (unpaired) electrons. The van der Waals surface area contributed by atoms with E-state index in [4.69, 9.17) is 4.74 Å². The minimum atomic E-state index is -0.232.